The topological polar surface area (TPSA) is 88.2 Å². The van der Waals surface area contributed by atoms with E-state index >= 15 is 0 Å². The van der Waals surface area contributed by atoms with Crippen molar-refractivity contribution in [1.82, 2.24) is 4.98 Å². The van der Waals surface area contributed by atoms with E-state index in [0.717, 1.165) is 11.3 Å². The van der Waals surface area contributed by atoms with Crippen molar-refractivity contribution in [2.24, 2.45) is 5.73 Å². The maximum atomic E-state index is 12.0. The average molecular weight is 271 g/mol. The number of pyridine rings is 1. The van der Waals surface area contributed by atoms with Gasteiger partial charge in [-0.15, -0.1) is 0 Å². The summed E-state index contributed by atoms with van der Waals surface area (Å²) in [5.41, 5.74) is 8.29. The number of nitrogens with one attached hydrogen (secondary N) is 1. The minimum absolute atomic E-state index is 0.194. The van der Waals surface area contributed by atoms with E-state index in [9.17, 15) is 9.90 Å². The number of rotatable bonds is 4. The maximum absolute atomic E-state index is 12.0. The molecule has 1 heterocycles. The highest BCUT2D eigenvalue weighted by Gasteiger charge is 2.14. The van der Waals surface area contributed by atoms with Gasteiger partial charge >= 0.3 is 0 Å². The fourth-order valence-electron chi connectivity index (χ4n) is 1.84. The molecule has 0 aliphatic rings. The highest BCUT2D eigenvalue weighted by Crippen LogP contribution is 2.12. The Morgan fingerprint density at radius 2 is 2.05 bits per heavy atom. The van der Waals surface area contributed by atoms with Crippen LogP contribution in [0.25, 0.3) is 0 Å². The van der Waals surface area contributed by atoms with Crippen LogP contribution in [0, 0.1) is 6.92 Å². The molecule has 5 nitrogen and oxygen atoms in total. The first-order chi connectivity index (χ1) is 9.54. The van der Waals surface area contributed by atoms with Gasteiger partial charge in [-0.3, -0.25) is 9.78 Å². The van der Waals surface area contributed by atoms with E-state index < -0.39 is 6.04 Å². The van der Waals surface area contributed by atoms with E-state index in [1.807, 2.05) is 6.92 Å². The van der Waals surface area contributed by atoms with Crippen LogP contribution in [0.2, 0.25) is 0 Å². The number of anilines is 1. The standard InChI is InChI=1S/C15H17N3O2/c1-10-8-12(6-7-17-10)18-15(20)14(16)9-11-2-4-13(19)5-3-11/h2-8,14,19H,9,16H2,1H3,(H,17,18,20)/t14-/m1/s1. The molecule has 0 unspecified atom stereocenters. The van der Waals surface area contributed by atoms with Crippen LogP contribution in [-0.4, -0.2) is 22.0 Å². The van der Waals surface area contributed by atoms with Gasteiger partial charge in [0.05, 0.1) is 6.04 Å². The van der Waals surface area contributed by atoms with Crippen molar-refractivity contribution in [2.75, 3.05) is 5.32 Å². The number of aryl methyl sites for hydroxylation is 1. The van der Waals surface area contributed by atoms with Crippen LogP contribution >= 0.6 is 0 Å². The van der Waals surface area contributed by atoms with Gasteiger partial charge in [0.1, 0.15) is 5.75 Å². The molecule has 5 heteroatoms. The van der Waals surface area contributed by atoms with Crippen molar-refractivity contribution in [1.29, 1.82) is 0 Å². The van der Waals surface area contributed by atoms with Gasteiger partial charge in [-0.1, -0.05) is 12.1 Å². The summed E-state index contributed by atoms with van der Waals surface area (Å²) in [6.07, 6.45) is 2.05. The number of phenols is 1. The summed E-state index contributed by atoms with van der Waals surface area (Å²) < 4.78 is 0. The molecule has 2 aromatic rings. The lowest BCUT2D eigenvalue weighted by molar-refractivity contribution is -0.117. The van der Waals surface area contributed by atoms with Gasteiger partial charge in [0.2, 0.25) is 5.91 Å². The second-order valence-electron chi connectivity index (χ2n) is 4.65. The van der Waals surface area contributed by atoms with Crippen molar-refractivity contribution in [3.8, 4) is 5.75 Å². The fourth-order valence-corrected chi connectivity index (χ4v) is 1.84. The van der Waals surface area contributed by atoms with Crippen LogP contribution in [0.1, 0.15) is 11.3 Å². The third kappa shape index (κ3) is 3.80. The predicted molar refractivity (Wildman–Crippen MR) is 77.4 cm³/mol. The predicted octanol–water partition coefficient (Wildman–Crippen LogP) is 1.60. The lowest BCUT2D eigenvalue weighted by atomic mass is 10.1. The largest absolute Gasteiger partial charge is 0.508 e. The minimum Gasteiger partial charge on any atom is -0.508 e. The molecule has 1 atom stereocenters. The Balaban J connectivity index is 1.96. The number of benzene rings is 1. The number of nitrogens with two attached hydrogens (primary N) is 1. The molecule has 0 aliphatic heterocycles. The molecule has 0 bridgehead atoms. The third-order valence-electron chi connectivity index (χ3n) is 2.89. The Labute approximate surface area is 117 Å². The zero-order valence-corrected chi connectivity index (χ0v) is 11.2. The number of aromatic hydroxyl groups is 1. The van der Waals surface area contributed by atoms with Crippen molar-refractivity contribution >= 4 is 11.6 Å². The summed E-state index contributed by atoms with van der Waals surface area (Å²) in [4.78, 5) is 16.1. The van der Waals surface area contributed by atoms with E-state index in [-0.39, 0.29) is 11.7 Å². The van der Waals surface area contributed by atoms with Gasteiger partial charge in [0.25, 0.3) is 0 Å². The lowest BCUT2D eigenvalue weighted by Crippen LogP contribution is -2.37. The second-order valence-corrected chi connectivity index (χ2v) is 4.65. The smallest absolute Gasteiger partial charge is 0.241 e. The number of hydrogen-bond acceptors (Lipinski definition) is 4. The van der Waals surface area contributed by atoms with E-state index in [1.165, 1.54) is 0 Å². The fraction of sp³-hybridized carbons (Fsp3) is 0.200. The van der Waals surface area contributed by atoms with Gasteiger partial charge in [-0.25, -0.2) is 0 Å². The first kappa shape index (κ1) is 14.0. The molecule has 0 aliphatic carbocycles. The Kier molecular flexibility index (Phi) is 4.32. The van der Waals surface area contributed by atoms with E-state index in [4.69, 9.17) is 5.73 Å². The van der Waals surface area contributed by atoms with Crippen molar-refractivity contribution in [3.05, 3.63) is 53.9 Å². The molecule has 20 heavy (non-hydrogen) atoms. The summed E-state index contributed by atoms with van der Waals surface area (Å²) >= 11 is 0. The van der Waals surface area contributed by atoms with E-state index in [1.54, 1.807) is 42.6 Å². The van der Waals surface area contributed by atoms with Crippen LogP contribution < -0.4 is 11.1 Å². The average Bonchev–Trinajstić information content (AvgIpc) is 2.41. The monoisotopic (exact) mass is 271 g/mol. The van der Waals surface area contributed by atoms with Crippen molar-refractivity contribution in [2.45, 2.75) is 19.4 Å². The molecule has 4 N–H and O–H groups in total. The van der Waals surface area contributed by atoms with Crippen LogP contribution in [0.4, 0.5) is 5.69 Å². The number of amides is 1. The van der Waals surface area contributed by atoms with Crippen LogP contribution in [0.3, 0.4) is 0 Å². The molecule has 104 valence electrons. The highest BCUT2D eigenvalue weighted by atomic mass is 16.3. The highest BCUT2D eigenvalue weighted by molar-refractivity contribution is 5.94. The Morgan fingerprint density at radius 1 is 1.35 bits per heavy atom. The zero-order chi connectivity index (χ0) is 14.5. The molecule has 0 saturated carbocycles. The summed E-state index contributed by atoms with van der Waals surface area (Å²) in [5, 5.41) is 12.0. The lowest BCUT2D eigenvalue weighted by Gasteiger charge is -2.12. The normalized spacial score (nSPS) is 11.9. The molecular formula is C15H17N3O2. The summed E-state index contributed by atoms with van der Waals surface area (Å²) in [7, 11) is 0. The second kappa shape index (κ2) is 6.16. The molecule has 0 saturated heterocycles. The zero-order valence-electron chi connectivity index (χ0n) is 11.2. The van der Waals surface area contributed by atoms with Crippen molar-refractivity contribution in [3.63, 3.8) is 0 Å². The molecule has 0 fully saturated rings. The summed E-state index contributed by atoms with van der Waals surface area (Å²) in [6.45, 7) is 1.85. The molecule has 2 rings (SSSR count). The summed E-state index contributed by atoms with van der Waals surface area (Å²) in [6, 6.07) is 9.51. The third-order valence-corrected chi connectivity index (χ3v) is 2.89. The molecule has 1 amide bonds. The Hall–Kier alpha value is -2.40. The number of hydrogen-bond donors (Lipinski definition) is 3. The Bertz CT molecular complexity index is 596. The molecule has 1 aromatic heterocycles. The van der Waals surface area contributed by atoms with Crippen LogP contribution in [-0.2, 0) is 11.2 Å². The summed E-state index contributed by atoms with van der Waals surface area (Å²) in [5.74, 6) is -0.0530. The first-order valence-electron chi connectivity index (χ1n) is 6.31. The van der Waals surface area contributed by atoms with Gasteiger partial charge in [0.15, 0.2) is 0 Å². The van der Waals surface area contributed by atoms with E-state index in [0.29, 0.717) is 12.1 Å². The van der Waals surface area contributed by atoms with E-state index in [2.05, 4.69) is 10.3 Å². The number of nitrogens with zero attached hydrogens (tertiary/aromatic N) is 1. The molecule has 1 aromatic carbocycles. The quantitative estimate of drug-likeness (QED) is 0.788. The van der Waals surface area contributed by atoms with Crippen LogP contribution in [0.15, 0.2) is 42.6 Å². The Morgan fingerprint density at radius 3 is 2.70 bits per heavy atom. The first-order valence-corrected chi connectivity index (χ1v) is 6.31. The van der Waals surface area contributed by atoms with Gasteiger partial charge in [-0.05, 0) is 43.2 Å². The van der Waals surface area contributed by atoms with Gasteiger partial charge in [-0.2, -0.15) is 0 Å². The van der Waals surface area contributed by atoms with Gasteiger partial charge < -0.3 is 16.2 Å². The minimum atomic E-state index is -0.645. The number of carbonyl (C=O) groups is 1. The number of carbonyl (C=O) groups excluding carboxylic acids is 1. The maximum Gasteiger partial charge on any atom is 0.241 e. The number of phenolic OH excluding ortho intramolecular Hbond substituents is 1. The molecular weight excluding hydrogens is 254 g/mol. The van der Waals surface area contributed by atoms with Crippen molar-refractivity contribution < 1.29 is 9.90 Å². The van der Waals surface area contributed by atoms with Gasteiger partial charge in [0, 0.05) is 17.6 Å². The number of aromatic nitrogens is 1. The molecule has 0 spiro atoms. The SMILES string of the molecule is Cc1cc(NC(=O)[C@H](N)Cc2ccc(O)cc2)ccn1. The molecule has 0 radical (unpaired) electrons. The van der Waals surface area contributed by atoms with Crippen LogP contribution in [0.5, 0.6) is 5.75 Å².